The smallest absolute Gasteiger partial charge is 0.234 e. The molecule has 2 aromatic rings. The maximum absolute atomic E-state index is 12.5. The molecule has 3 rings (SSSR count). The van der Waals surface area contributed by atoms with Crippen LogP contribution in [0.25, 0.3) is 0 Å². The summed E-state index contributed by atoms with van der Waals surface area (Å²) in [5, 5.41) is 3.15. The number of rotatable bonds is 5. The van der Waals surface area contributed by atoms with Crippen LogP contribution in [0.4, 0.5) is 5.69 Å². The van der Waals surface area contributed by atoms with Crippen molar-refractivity contribution in [1.29, 1.82) is 0 Å². The first-order valence-corrected chi connectivity index (χ1v) is 9.83. The monoisotopic (exact) mass is 365 g/mol. The Morgan fingerprint density at radius 2 is 1.67 bits per heavy atom. The Morgan fingerprint density at radius 1 is 0.963 bits per heavy atom. The van der Waals surface area contributed by atoms with E-state index in [9.17, 15) is 4.79 Å². The van der Waals surface area contributed by atoms with E-state index in [1.54, 1.807) is 0 Å². The lowest BCUT2D eigenvalue weighted by Gasteiger charge is -2.36. The van der Waals surface area contributed by atoms with Gasteiger partial charge in [0, 0.05) is 31.9 Å². The van der Waals surface area contributed by atoms with E-state index in [0.717, 1.165) is 31.7 Å². The first-order chi connectivity index (χ1) is 12.9. The van der Waals surface area contributed by atoms with E-state index in [2.05, 4.69) is 85.3 Å². The van der Waals surface area contributed by atoms with Crippen molar-refractivity contribution < 1.29 is 4.79 Å². The summed E-state index contributed by atoms with van der Waals surface area (Å²) < 4.78 is 0. The summed E-state index contributed by atoms with van der Waals surface area (Å²) in [5.74, 6) is 0.102. The third kappa shape index (κ3) is 4.89. The average Bonchev–Trinajstić information content (AvgIpc) is 2.65. The van der Waals surface area contributed by atoms with Crippen LogP contribution in [-0.2, 0) is 4.79 Å². The van der Waals surface area contributed by atoms with Crippen molar-refractivity contribution in [2.45, 2.75) is 33.7 Å². The number of carbonyl (C=O) groups excluding carboxylic acids is 1. The molecule has 0 unspecified atom stereocenters. The van der Waals surface area contributed by atoms with Gasteiger partial charge in [-0.15, -0.1) is 0 Å². The second-order valence-corrected chi connectivity index (χ2v) is 7.68. The lowest BCUT2D eigenvalue weighted by molar-refractivity contribution is -0.123. The molecule has 0 bridgehead atoms. The van der Waals surface area contributed by atoms with Gasteiger partial charge in [-0.2, -0.15) is 0 Å². The van der Waals surface area contributed by atoms with Gasteiger partial charge in [-0.1, -0.05) is 36.4 Å². The third-order valence-electron chi connectivity index (χ3n) is 5.60. The van der Waals surface area contributed by atoms with E-state index in [1.807, 2.05) is 0 Å². The van der Waals surface area contributed by atoms with Crippen LogP contribution in [0, 0.1) is 20.8 Å². The Labute approximate surface area is 163 Å². The van der Waals surface area contributed by atoms with Gasteiger partial charge in [0.15, 0.2) is 0 Å². The first-order valence-electron chi connectivity index (χ1n) is 9.83. The lowest BCUT2D eigenvalue weighted by atomic mass is 10.0. The predicted octanol–water partition coefficient (Wildman–Crippen LogP) is 3.61. The number of nitrogens with one attached hydrogen (secondary N) is 1. The summed E-state index contributed by atoms with van der Waals surface area (Å²) in [5.41, 5.74) is 6.33. The number of carbonyl (C=O) groups is 1. The number of aryl methyl sites for hydroxylation is 3. The molecule has 1 amide bonds. The van der Waals surface area contributed by atoms with Crippen LogP contribution in [0.3, 0.4) is 0 Å². The average molecular weight is 366 g/mol. The van der Waals surface area contributed by atoms with Crippen molar-refractivity contribution in [3.05, 3.63) is 64.7 Å². The molecule has 27 heavy (non-hydrogen) atoms. The molecule has 0 aliphatic carbocycles. The van der Waals surface area contributed by atoms with Crippen LogP contribution in [0.15, 0.2) is 42.5 Å². The van der Waals surface area contributed by atoms with E-state index >= 15 is 0 Å². The Morgan fingerprint density at radius 3 is 2.33 bits per heavy atom. The molecule has 2 aromatic carbocycles. The molecule has 0 aromatic heterocycles. The summed E-state index contributed by atoms with van der Waals surface area (Å²) in [6.45, 7) is 12.7. The molecule has 1 N–H and O–H groups in total. The van der Waals surface area contributed by atoms with Gasteiger partial charge in [-0.05, 0) is 56.0 Å². The summed E-state index contributed by atoms with van der Waals surface area (Å²) in [4.78, 5) is 17.2. The number of hydrogen-bond donors (Lipinski definition) is 1. The Kier molecular flexibility index (Phi) is 6.17. The van der Waals surface area contributed by atoms with E-state index in [4.69, 9.17) is 0 Å². The maximum atomic E-state index is 12.5. The van der Waals surface area contributed by atoms with Gasteiger partial charge in [-0.25, -0.2) is 0 Å². The van der Waals surface area contributed by atoms with E-state index in [1.165, 1.54) is 22.4 Å². The standard InChI is InChI=1S/C23H31N3O/c1-17-9-10-21(15-19(17)3)20(4)24-23(27)16-25-11-13-26(14-12-25)22-8-6-5-7-18(22)2/h5-10,15,20H,11-14,16H2,1-4H3,(H,24,27)/t20-/m0/s1. The van der Waals surface area contributed by atoms with Crippen molar-refractivity contribution in [3.63, 3.8) is 0 Å². The van der Waals surface area contributed by atoms with Crippen molar-refractivity contribution in [3.8, 4) is 0 Å². The zero-order chi connectivity index (χ0) is 19.4. The summed E-state index contributed by atoms with van der Waals surface area (Å²) in [6.07, 6.45) is 0. The maximum Gasteiger partial charge on any atom is 0.234 e. The number of amides is 1. The quantitative estimate of drug-likeness (QED) is 0.879. The normalized spacial score (nSPS) is 16.2. The van der Waals surface area contributed by atoms with Crippen molar-refractivity contribution in [2.75, 3.05) is 37.6 Å². The highest BCUT2D eigenvalue weighted by atomic mass is 16.2. The number of para-hydroxylation sites is 1. The van der Waals surface area contributed by atoms with Crippen molar-refractivity contribution in [2.24, 2.45) is 0 Å². The number of nitrogens with zero attached hydrogens (tertiary/aromatic N) is 2. The van der Waals surface area contributed by atoms with Crippen LogP contribution in [0.5, 0.6) is 0 Å². The van der Waals surface area contributed by atoms with E-state index in [0.29, 0.717) is 6.54 Å². The minimum Gasteiger partial charge on any atom is -0.369 e. The molecular weight excluding hydrogens is 334 g/mol. The third-order valence-corrected chi connectivity index (χ3v) is 5.60. The lowest BCUT2D eigenvalue weighted by Crippen LogP contribution is -2.49. The van der Waals surface area contributed by atoms with Gasteiger partial charge < -0.3 is 10.2 Å². The molecule has 1 aliphatic heterocycles. The Hall–Kier alpha value is -2.33. The number of benzene rings is 2. The number of piperazine rings is 1. The molecule has 1 aliphatic rings. The van der Waals surface area contributed by atoms with Crippen LogP contribution in [0.2, 0.25) is 0 Å². The molecule has 0 radical (unpaired) electrons. The fourth-order valence-corrected chi connectivity index (χ4v) is 3.67. The minimum atomic E-state index is 0.0325. The van der Waals surface area contributed by atoms with E-state index < -0.39 is 0 Å². The van der Waals surface area contributed by atoms with Crippen LogP contribution in [-0.4, -0.2) is 43.5 Å². The second-order valence-electron chi connectivity index (χ2n) is 7.68. The predicted molar refractivity (Wildman–Crippen MR) is 112 cm³/mol. The molecule has 1 heterocycles. The fraction of sp³-hybridized carbons (Fsp3) is 0.435. The van der Waals surface area contributed by atoms with Gasteiger partial charge >= 0.3 is 0 Å². The highest BCUT2D eigenvalue weighted by Gasteiger charge is 2.20. The largest absolute Gasteiger partial charge is 0.369 e. The molecule has 4 nitrogen and oxygen atoms in total. The number of hydrogen-bond acceptors (Lipinski definition) is 3. The van der Waals surface area contributed by atoms with Gasteiger partial charge in [-0.3, -0.25) is 9.69 Å². The molecule has 0 spiro atoms. The zero-order valence-electron chi connectivity index (χ0n) is 17.0. The molecular formula is C23H31N3O. The SMILES string of the molecule is Cc1ccc([C@H](C)NC(=O)CN2CCN(c3ccccc3C)CC2)cc1C. The first kappa shape index (κ1) is 19.4. The van der Waals surface area contributed by atoms with Crippen LogP contribution in [0.1, 0.15) is 35.2 Å². The van der Waals surface area contributed by atoms with Crippen molar-refractivity contribution >= 4 is 11.6 Å². The Bertz CT molecular complexity index is 794. The van der Waals surface area contributed by atoms with Crippen LogP contribution >= 0.6 is 0 Å². The molecule has 0 saturated carbocycles. The van der Waals surface area contributed by atoms with Gasteiger partial charge in [0.05, 0.1) is 12.6 Å². The van der Waals surface area contributed by atoms with E-state index in [-0.39, 0.29) is 11.9 Å². The molecule has 4 heteroatoms. The highest BCUT2D eigenvalue weighted by Crippen LogP contribution is 2.21. The van der Waals surface area contributed by atoms with Crippen LogP contribution < -0.4 is 10.2 Å². The molecule has 1 saturated heterocycles. The molecule has 1 atom stereocenters. The van der Waals surface area contributed by atoms with Gasteiger partial charge in [0.2, 0.25) is 5.91 Å². The zero-order valence-corrected chi connectivity index (χ0v) is 17.0. The summed E-state index contributed by atoms with van der Waals surface area (Å²) in [6, 6.07) is 14.9. The summed E-state index contributed by atoms with van der Waals surface area (Å²) in [7, 11) is 0. The number of anilines is 1. The molecule has 1 fully saturated rings. The van der Waals surface area contributed by atoms with Crippen molar-refractivity contribution in [1.82, 2.24) is 10.2 Å². The molecule has 144 valence electrons. The topological polar surface area (TPSA) is 35.6 Å². The van der Waals surface area contributed by atoms with Gasteiger partial charge in [0.25, 0.3) is 0 Å². The minimum absolute atomic E-state index is 0.0325. The Balaban J connectivity index is 1.49. The second kappa shape index (κ2) is 8.57. The highest BCUT2D eigenvalue weighted by molar-refractivity contribution is 5.78. The van der Waals surface area contributed by atoms with Gasteiger partial charge in [0.1, 0.15) is 0 Å². The fourth-order valence-electron chi connectivity index (χ4n) is 3.67. The summed E-state index contributed by atoms with van der Waals surface area (Å²) >= 11 is 0.